The lowest BCUT2D eigenvalue weighted by molar-refractivity contribution is -0.657. The monoisotopic (exact) mass is 318 g/mol. The minimum absolute atomic E-state index is 0.219. The van der Waals surface area contributed by atoms with Crippen LogP contribution in [0.5, 0.6) is 5.75 Å². The molecule has 1 aliphatic heterocycles. The number of aryl methyl sites for hydroxylation is 1. The van der Waals surface area contributed by atoms with Gasteiger partial charge in [-0.3, -0.25) is 5.73 Å². The quantitative estimate of drug-likeness (QED) is 0.776. The second-order valence-corrected chi connectivity index (χ2v) is 6.96. The second-order valence-electron chi connectivity index (χ2n) is 6.96. The maximum atomic E-state index is 6.22. The minimum atomic E-state index is 0.219. The third kappa shape index (κ3) is 3.28. The molecule has 3 N–H and O–H groups in total. The smallest absolute Gasteiger partial charge is 0.353 e. The van der Waals surface area contributed by atoms with Crippen LogP contribution < -0.4 is 15.0 Å². The van der Waals surface area contributed by atoms with Gasteiger partial charge in [-0.2, -0.15) is 0 Å². The summed E-state index contributed by atoms with van der Waals surface area (Å²) in [5.41, 5.74) is 9.81. The number of imidazole rings is 1. The Hall–Kier alpha value is -1.79. The number of nitrogens with two attached hydrogens (primary N) is 1. The van der Waals surface area contributed by atoms with Gasteiger partial charge in [0.15, 0.2) is 0 Å². The molecule has 0 saturated heterocycles. The molecule has 0 bridgehead atoms. The molecule has 1 atom stereocenters. The summed E-state index contributed by atoms with van der Waals surface area (Å²) in [6.45, 7) is 2.89. The predicted octanol–water partition coefficient (Wildman–Crippen LogP) is 0.854. The van der Waals surface area contributed by atoms with Crippen molar-refractivity contribution in [3.05, 3.63) is 17.7 Å². The van der Waals surface area contributed by atoms with Crippen LogP contribution in [0, 0.1) is 0 Å². The van der Waals surface area contributed by atoms with E-state index in [1.807, 2.05) is 0 Å². The number of ether oxygens (including phenoxy) is 1. The van der Waals surface area contributed by atoms with Gasteiger partial charge in [0.25, 0.3) is 0 Å². The van der Waals surface area contributed by atoms with E-state index in [1.54, 1.807) is 0 Å². The van der Waals surface area contributed by atoms with Crippen LogP contribution in [0.3, 0.4) is 0 Å². The van der Waals surface area contributed by atoms with E-state index in [0.717, 1.165) is 49.7 Å². The van der Waals surface area contributed by atoms with Crippen molar-refractivity contribution in [2.75, 3.05) is 47.0 Å². The van der Waals surface area contributed by atoms with E-state index in [9.17, 15) is 0 Å². The largest absolute Gasteiger partial charge is 0.488 e. The van der Waals surface area contributed by atoms with E-state index >= 15 is 0 Å². The first-order valence-electron chi connectivity index (χ1n) is 8.24. The molecule has 0 fully saturated rings. The van der Waals surface area contributed by atoms with Crippen molar-refractivity contribution >= 4 is 17.0 Å². The van der Waals surface area contributed by atoms with Gasteiger partial charge >= 0.3 is 5.95 Å². The molecule has 0 spiro atoms. The fourth-order valence-corrected chi connectivity index (χ4v) is 3.40. The van der Waals surface area contributed by atoms with Crippen molar-refractivity contribution in [1.29, 1.82) is 0 Å². The summed E-state index contributed by atoms with van der Waals surface area (Å²) in [5.74, 6) is 1.73. The molecule has 23 heavy (non-hydrogen) atoms. The molecular formula is C17H28N5O+. The van der Waals surface area contributed by atoms with Crippen molar-refractivity contribution in [1.82, 2.24) is 14.8 Å². The number of H-pyrrole nitrogens is 1. The van der Waals surface area contributed by atoms with Gasteiger partial charge in [-0.25, -0.2) is 9.55 Å². The molecule has 3 rings (SSSR count). The zero-order chi connectivity index (χ0) is 16.6. The van der Waals surface area contributed by atoms with E-state index in [-0.39, 0.29) is 6.10 Å². The highest BCUT2D eigenvalue weighted by molar-refractivity contribution is 5.80. The first-order valence-corrected chi connectivity index (χ1v) is 8.24. The number of hydrogen-bond acceptors (Lipinski definition) is 4. The zero-order valence-electron chi connectivity index (χ0n) is 14.6. The van der Waals surface area contributed by atoms with Crippen LogP contribution in [-0.4, -0.2) is 62.2 Å². The Balaban J connectivity index is 1.90. The first kappa shape index (κ1) is 16.1. The highest BCUT2D eigenvalue weighted by Crippen LogP contribution is 2.34. The fraction of sp³-hybridized carbons (Fsp3) is 0.588. The number of nitrogens with one attached hydrogen (secondary N) is 1. The predicted molar refractivity (Wildman–Crippen MR) is 92.8 cm³/mol. The molecule has 6 nitrogen and oxygen atoms in total. The van der Waals surface area contributed by atoms with Gasteiger partial charge < -0.3 is 14.5 Å². The summed E-state index contributed by atoms with van der Waals surface area (Å²) in [5, 5.41) is 0. The molecule has 2 heterocycles. The third-order valence-corrected chi connectivity index (χ3v) is 4.34. The van der Waals surface area contributed by atoms with E-state index in [4.69, 9.17) is 10.5 Å². The van der Waals surface area contributed by atoms with Gasteiger partial charge in [-0.05, 0) is 46.7 Å². The molecule has 126 valence electrons. The summed E-state index contributed by atoms with van der Waals surface area (Å²) in [7, 11) is 8.36. The highest BCUT2D eigenvalue weighted by Gasteiger charge is 2.29. The molecule has 0 saturated carbocycles. The number of anilines is 1. The molecule has 1 aliphatic rings. The number of aromatic nitrogens is 2. The summed E-state index contributed by atoms with van der Waals surface area (Å²) < 4.78 is 8.32. The molecule has 0 radical (unpaired) electrons. The number of rotatable bonds is 6. The number of hydrogen-bond donors (Lipinski definition) is 2. The molecule has 0 unspecified atom stereocenters. The van der Waals surface area contributed by atoms with E-state index in [1.165, 1.54) is 11.1 Å². The summed E-state index contributed by atoms with van der Waals surface area (Å²) >= 11 is 0. The van der Waals surface area contributed by atoms with Crippen LogP contribution in [0.4, 0.5) is 5.95 Å². The van der Waals surface area contributed by atoms with Gasteiger partial charge in [-0.15, -0.1) is 0 Å². The maximum Gasteiger partial charge on any atom is 0.353 e. The van der Waals surface area contributed by atoms with Gasteiger partial charge in [0, 0.05) is 25.1 Å². The van der Waals surface area contributed by atoms with E-state index < -0.39 is 0 Å². The molecule has 1 aromatic heterocycles. The third-order valence-electron chi connectivity index (χ3n) is 4.34. The van der Waals surface area contributed by atoms with Gasteiger partial charge in [0.05, 0.1) is 6.54 Å². The van der Waals surface area contributed by atoms with Crippen molar-refractivity contribution in [3.8, 4) is 5.75 Å². The summed E-state index contributed by atoms with van der Waals surface area (Å²) in [4.78, 5) is 7.68. The van der Waals surface area contributed by atoms with Crippen LogP contribution in [0.25, 0.3) is 11.0 Å². The van der Waals surface area contributed by atoms with Gasteiger partial charge in [0.1, 0.15) is 22.9 Å². The topological polar surface area (TPSA) is 61.4 Å². The Morgan fingerprint density at radius 2 is 2.04 bits per heavy atom. The number of fused-ring (bicyclic) bond motifs is 3. The van der Waals surface area contributed by atoms with Gasteiger partial charge in [-0.1, -0.05) is 0 Å². The maximum absolute atomic E-state index is 6.22. The van der Waals surface area contributed by atoms with Crippen molar-refractivity contribution in [3.63, 3.8) is 0 Å². The first-order chi connectivity index (χ1) is 11.0. The Kier molecular flexibility index (Phi) is 4.46. The number of likely N-dealkylation sites (N-methyl/N-ethyl adjacent to an activating group) is 1. The molecule has 0 amide bonds. The van der Waals surface area contributed by atoms with E-state index in [2.05, 4.69) is 59.7 Å². The standard InChI is InChI=1S/C17H27N5O/c1-20(2)8-5-9-22-16-13-10-12(11-21(3)4)23-15(13)7-6-14(16)19-17(22)18/h6-7,12H,5,8-11H2,1-4H3,(H2,18,19)/p+1/t12-/m0/s1. The van der Waals surface area contributed by atoms with Crippen LogP contribution in [0.1, 0.15) is 12.0 Å². The van der Waals surface area contributed by atoms with Crippen LogP contribution >= 0.6 is 0 Å². The lowest BCUT2D eigenvalue weighted by atomic mass is 10.1. The van der Waals surface area contributed by atoms with E-state index in [0.29, 0.717) is 0 Å². The second kappa shape index (κ2) is 6.37. The van der Waals surface area contributed by atoms with Crippen LogP contribution in [0.2, 0.25) is 0 Å². The van der Waals surface area contributed by atoms with Crippen molar-refractivity contribution in [2.24, 2.45) is 0 Å². The average Bonchev–Trinajstić information content (AvgIpc) is 2.98. The lowest BCUT2D eigenvalue weighted by Crippen LogP contribution is -2.37. The van der Waals surface area contributed by atoms with Crippen molar-refractivity contribution < 1.29 is 9.30 Å². The number of nitrogens with zero attached hydrogens (tertiary/aromatic N) is 3. The zero-order valence-corrected chi connectivity index (χ0v) is 14.6. The number of aromatic amines is 1. The number of benzene rings is 1. The Bertz CT molecular complexity index is 692. The molecular weight excluding hydrogens is 290 g/mol. The summed E-state index contributed by atoms with van der Waals surface area (Å²) in [6, 6.07) is 4.14. The minimum Gasteiger partial charge on any atom is -0.488 e. The normalized spacial score (nSPS) is 17.2. The van der Waals surface area contributed by atoms with Gasteiger partial charge in [0.2, 0.25) is 0 Å². The highest BCUT2D eigenvalue weighted by atomic mass is 16.5. The summed E-state index contributed by atoms with van der Waals surface area (Å²) in [6.07, 6.45) is 2.23. The molecule has 1 aromatic carbocycles. The SMILES string of the molecule is CN(C)CCC[n+]1c(N)[nH]c2ccc3c(c21)C[C@@H](CN(C)C)O3. The Morgan fingerprint density at radius 3 is 2.74 bits per heavy atom. The Labute approximate surface area is 137 Å². The van der Waals surface area contributed by atoms with Crippen molar-refractivity contribution in [2.45, 2.75) is 25.5 Å². The van der Waals surface area contributed by atoms with Crippen LogP contribution in [-0.2, 0) is 13.0 Å². The van der Waals surface area contributed by atoms with Crippen LogP contribution in [0.15, 0.2) is 12.1 Å². The molecule has 6 heteroatoms. The molecule has 2 aromatic rings. The average molecular weight is 318 g/mol. The number of nitrogen functional groups attached to an aromatic ring is 1. The fourth-order valence-electron chi connectivity index (χ4n) is 3.40. The molecule has 0 aliphatic carbocycles. The Morgan fingerprint density at radius 1 is 1.26 bits per heavy atom. The lowest BCUT2D eigenvalue weighted by Gasteiger charge is -2.15.